The van der Waals surface area contributed by atoms with Crippen molar-refractivity contribution in [2.45, 2.75) is 38.8 Å². The molecule has 1 aromatic rings. The third kappa shape index (κ3) is 4.23. The highest BCUT2D eigenvalue weighted by atomic mass is 16.5. The van der Waals surface area contributed by atoms with E-state index in [-0.39, 0.29) is 0 Å². The highest BCUT2D eigenvalue weighted by Gasteiger charge is 2.21. The van der Waals surface area contributed by atoms with Gasteiger partial charge in [-0.3, -0.25) is 4.90 Å². The van der Waals surface area contributed by atoms with E-state index in [1.807, 2.05) is 0 Å². The Morgan fingerprint density at radius 2 is 2.14 bits per heavy atom. The Labute approximate surface area is 128 Å². The molecule has 0 bridgehead atoms. The van der Waals surface area contributed by atoms with Gasteiger partial charge in [0.15, 0.2) is 0 Å². The van der Waals surface area contributed by atoms with Crippen molar-refractivity contribution < 1.29 is 4.74 Å². The Kier molecular flexibility index (Phi) is 5.67. The van der Waals surface area contributed by atoms with E-state index in [1.165, 1.54) is 11.1 Å². The molecule has 21 heavy (non-hydrogen) atoms. The summed E-state index contributed by atoms with van der Waals surface area (Å²) in [6.45, 7) is 7.27. The van der Waals surface area contributed by atoms with Crippen molar-refractivity contribution in [3.8, 4) is 18.1 Å². The molecule has 0 aliphatic carbocycles. The number of nitrogens with zero attached hydrogens (tertiary/aromatic N) is 1. The molecule has 0 saturated carbocycles. The standard InChI is InChI=1S/C18H26N2O/c1-5-10-20-11-8-16(9-12-20)19-15(3)17-13-14(2)6-7-18(17)21-4/h1,6-7,13,15-16,19H,8-12H2,2-4H3. The molecule has 1 heterocycles. The lowest BCUT2D eigenvalue weighted by atomic mass is 10.00. The zero-order valence-electron chi connectivity index (χ0n) is 13.4. The molecule has 1 aromatic carbocycles. The molecule has 0 amide bonds. The molecule has 2 rings (SSSR count). The van der Waals surface area contributed by atoms with E-state index in [0.717, 1.165) is 38.2 Å². The number of rotatable bonds is 5. The highest BCUT2D eigenvalue weighted by Crippen LogP contribution is 2.27. The Bertz CT molecular complexity index is 498. The average Bonchev–Trinajstić information content (AvgIpc) is 2.49. The van der Waals surface area contributed by atoms with Gasteiger partial charge in [0.2, 0.25) is 0 Å². The molecule has 0 aromatic heterocycles. The first kappa shape index (κ1) is 15.9. The largest absolute Gasteiger partial charge is 0.496 e. The third-order valence-electron chi connectivity index (χ3n) is 4.24. The molecule has 1 fully saturated rings. The number of nitrogens with one attached hydrogen (secondary N) is 1. The first-order valence-corrected chi connectivity index (χ1v) is 7.70. The molecule has 1 aliphatic heterocycles. The minimum atomic E-state index is 0.295. The lowest BCUT2D eigenvalue weighted by Crippen LogP contribution is -2.43. The predicted molar refractivity (Wildman–Crippen MR) is 87.6 cm³/mol. The molecule has 114 valence electrons. The van der Waals surface area contributed by atoms with Gasteiger partial charge in [-0.05, 0) is 32.8 Å². The molecule has 1 unspecified atom stereocenters. The Morgan fingerprint density at radius 3 is 2.76 bits per heavy atom. The van der Waals surface area contributed by atoms with E-state index in [9.17, 15) is 0 Å². The topological polar surface area (TPSA) is 24.5 Å². The second-order valence-electron chi connectivity index (χ2n) is 5.89. The van der Waals surface area contributed by atoms with Gasteiger partial charge in [-0.25, -0.2) is 0 Å². The summed E-state index contributed by atoms with van der Waals surface area (Å²) in [5.74, 6) is 3.69. The van der Waals surface area contributed by atoms with Crippen LogP contribution < -0.4 is 10.1 Å². The summed E-state index contributed by atoms with van der Waals surface area (Å²) >= 11 is 0. The number of likely N-dealkylation sites (tertiary alicyclic amines) is 1. The van der Waals surface area contributed by atoms with E-state index < -0.39 is 0 Å². The van der Waals surface area contributed by atoms with E-state index in [4.69, 9.17) is 11.2 Å². The summed E-state index contributed by atoms with van der Waals surface area (Å²) in [7, 11) is 1.74. The van der Waals surface area contributed by atoms with Crippen LogP contribution in [0.1, 0.15) is 36.9 Å². The van der Waals surface area contributed by atoms with Crippen molar-refractivity contribution in [3.05, 3.63) is 29.3 Å². The van der Waals surface area contributed by atoms with E-state index >= 15 is 0 Å². The summed E-state index contributed by atoms with van der Waals surface area (Å²) < 4.78 is 5.49. The zero-order valence-corrected chi connectivity index (χ0v) is 13.4. The Morgan fingerprint density at radius 1 is 1.43 bits per heavy atom. The third-order valence-corrected chi connectivity index (χ3v) is 4.24. The van der Waals surface area contributed by atoms with Gasteiger partial charge in [0.1, 0.15) is 5.75 Å². The number of hydrogen-bond acceptors (Lipinski definition) is 3. The Balaban J connectivity index is 1.95. The number of hydrogen-bond donors (Lipinski definition) is 1. The van der Waals surface area contributed by atoms with Crippen LogP contribution in [0.15, 0.2) is 18.2 Å². The van der Waals surface area contributed by atoms with Gasteiger partial charge in [0.25, 0.3) is 0 Å². The molecule has 0 radical (unpaired) electrons. The lowest BCUT2D eigenvalue weighted by Gasteiger charge is -2.33. The quantitative estimate of drug-likeness (QED) is 0.842. The maximum absolute atomic E-state index is 5.49. The van der Waals surface area contributed by atoms with Crippen molar-refractivity contribution in [1.82, 2.24) is 10.2 Å². The van der Waals surface area contributed by atoms with Crippen LogP contribution in [0.25, 0.3) is 0 Å². The maximum Gasteiger partial charge on any atom is 0.123 e. The van der Waals surface area contributed by atoms with Gasteiger partial charge < -0.3 is 10.1 Å². The summed E-state index contributed by atoms with van der Waals surface area (Å²) in [6.07, 6.45) is 7.68. The minimum Gasteiger partial charge on any atom is -0.496 e. The summed E-state index contributed by atoms with van der Waals surface area (Å²) in [5.41, 5.74) is 2.51. The number of piperidine rings is 1. The molecular weight excluding hydrogens is 260 g/mol. The fourth-order valence-corrected chi connectivity index (χ4v) is 3.02. The number of benzene rings is 1. The van der Waals surface area contributed by atoms with E-state index in [0.29, 0.717) is 12.1 Å². The average molecular weight is 286 g/mol. The molecule has 1 atom stereocenters. The summed E-state index contributed by atoms with van der Waals surface area (Å²) in [5, 5.41) is 3.74. The normalized spacial score (nSPS) is 18.2. The number of aryl methyl sites for hydroxylation is 1. The monoisotopic (exact) mass is 286 g/mol. The number of ether oxygens (including phenoxy) is 1. The number of terminal acetylenes is 1. The van der Waals surface area contributed by atoms with Crippen LogP contribution in [0.4, 0.5) is 0 Å². The molecule has 0 spiro atoms. The summed E-state index contributed by atoms with van der Waals surface area (Å²) in [6, 6.07) is 7.21. The molecule has 1 N–H and O–H groups in total. The van der Waals surface area contributed by atoms with Crippen molar-refractivity contribution in [1.29, 1.82) is 0 Å². The zero-order chi connectivity index (χ0) is 15.2. The lowest BCUT2D eigenvalue weighted by molar-refractivity contribution is 0.210. The summed E-state index contributed by atoms with van der Waals surface area (Å²) in [4.78, 5) is 2.34. The van der Waals surface area contributed by atoms with E-state index in [2.05, 4.69) is 48.2 Å². The predicted octanol–water partition coefficient (Wildman–Crippen LogP) is 2.75. The van der Waals surface area contributed by atoms with Crippen molar-refractivity contribution in [2.24, 2.45) is 0 Å². The fourth-order valence-electron chi connectivity index (χ4n) is 3.02. The molecule has 3 nitrogen and oxygen atoms in total. The van der Waals surface area contributed by atoms with Crippen LogP contribution in [0.3, 0.4) is 0 Å². The minimum absolute atomic E-state index is 0.295. The molecular formula is C18H26N2O. The smallest absolute Gasteiger partial charge is 0.123 e. The van der Waals surface area contributed by atoms with Crippen LogP contribution in [0, 0.1) is 19.3 Å². The Hall–Kier alpha value is -1.50. The van der Waals surface area contributed by atoms with E-state index in [1.54, 1.807) is 7.11 Å². The SMILES string of the molecule is C#CCN1CCC(NC(C)c2cc(C)ccc2OC)CC1. The van der Waals surface area contributed by atoms with Crippen LogP contribution in [-0.4, -0.2) is 37.7 Å². The first-order chi connectivity index (χ1) is 10.1. The highest BCUT2D eigenvalue weighted by molar-refractivity contribution is 5.38. The van der Waals surface area contributed by atoms with Crippen LogP contribution >= 0.6 is 0 Å². The van der Waals surface area contributed by atoms with Crippen molar-refractivity contribution in [2.75, 3.05) is 26.7 Å². The van der Waals surface area contributed by atoms with Crippen LogP contribution in [0.2, 0.25) is 0 Å². The van der Waals surface area contributed by atoms with Gasteiger partial charge in [0, 0.05) is 30.7 Å². The molecule has 1 saturated heterocycles. The van der Waals surface area contributed by atoms with Gasteiger partial charge >= 0.3 is 0 Å². The number of methoxy groups -OCH3 is 1. The maximum atomic E-state index is 5.49. The second-order valence-corrected chi connectivity index (χ2v) is 5.89. The first-order valence-electron chi connectivity index (χ1n) is 7.70. The molecule has 1 aliphatic rings. The van der Waals surface area contributed by atoms with Gasteiger partial charge in [0.05, 0.1) is 13.7 Å². The fraction of sp³-hybridized carbons (Fsp3) is 0.556. The second kappa shape index (κ2) is 7.49. The van der Waals surface area contributed by atoms with Gasteiger partial charge in [-0.1, -0.05) is 23.6 Å². The molecule has 3 heteroatoms. The van der Waals surface area contributed by atoms with Crippen LogP contribution in [0.5, 0.6) is 5.75 Å². The van der Waals surface area contributed by atoms with Crippen LogP contribution in [-0.2, 0) is 0 Å². The van der Waals surface area contributed by atoms with Crippen molar-refractivity contribution >= 4 is 0 Å². The van der Waals surface area contributed by atoms with Gasteiger partial charge in [-0.2, -0.15) is 0 Å². The van der Waals surface area contributed by atoms with Crippen molar-refractivity contribution in [3.63, 3.8) is 0 Å². The van der Waals surface area contributed by atoms with Gasteiger partial charge in [-0.15, -0.1) is 6.42 Å².